The van der Waals surface area contributed by atoms with Crippen LogP contribution in [-0.2, 0) is 6.42 Å². The van der Waals surface area contributed by atoms with Crippen LogP contribution >= 0.6 is 23.2 Å². The van der Waals surface area contributed by atoms with Crippen molar-refractivity contribution in [3.63, 3.8) is 0 Å². The summed E-state index contributed by atoms with van der Waals surface area (Å²) in [5, 5.41) is 0.704. The Balaban J connectivity index is 1.94. The fourth-order valence-electron chi connectivity index (χ4n) is 2.92. The molecule has 2 N–H and O–H groups in total. The van der Waals surface area contributed by atoms with Gasteiger partial charge in [-0.1, -0.05) is 41.4 Å². The van der Waals surface area contributed by atoms with Crippen LogP contribution in [-0.4, -0.2) is 12.7 Å². The van der Waals surface area contributed by atoms with E-state index in [9.17, 15) is 17.6 Å². The maximum absolute atomic E-state index is 13.5. The molecule has 2 aromatic carbocycles. The number of anilines is 1. The molecule has 0 aromatic heterocycles. The number of halogens is 6. The highest BCUT2D eigenvalue weighted by Crippen LogP contribution is 2.39. The van der Waals surface area contributed by atoms with E-state index in [1.165, 1.54) is 6.08 Å². The standard InChI is InChI=1S/C18H14Cl2F4N2/c19-14-8-12(9-15(20)17(14)21)13(18(22,23)24)3-1-10-2-4-16-11(7-10)5-6-26(16)25/h1-4,7-9,13H,5-6,25H2. The van der Waals surface area contributed by atoms with Crippen molar-refractivity contribution in [3.8, 4) is 0 Å². The van der Waals surface area contributed by atoms with Gasteiger partial charge >= 0.3 is 6.18 Å². The van der Waals surface area contributed by atoms with Gasteiger partial charge in [0.2, 0.25) is 0 Å². The van der Waals surface area contributed by atoms with Gasteiger partial charge in [0, 0.05) is 6.54 Å². The summed E-state index contributed by atoms with van der Waals surface area (Å²) in [6.07, 6.45) is -1.45. The van der Waals surface area contributed by atoms with Crippen LogP contribution in [0.2, 0.25) is 10.0 Å². The van der Waals surface area contributed by atoms with Crippen molar-refractivity contribution in [3.05, 3.63) is 69.0 Å². The number of hydrazine groups is 1. The molecule has 2 aromatic rings. The van der Waals surface area contributed by atoms with Gasteiger partial charge in [0.05, 0.1) is 21.7 Å². The third-order valence-corrected chi connectivity index (χ3v) is 4.78. The molecule has 0 amide bonds. The third-order valence-electron chi connectivity index (χ3n) is 4.23. The van der Waals surface area contributed by atoms with E-state index in [0.717, 1.165) is 35.9 Å². The quantitative estimate of drug-likeness (QED) is 0.402. The lowest BCUT2D eigenvalue weighted by Gasteiger charge is -2.18. The Morgan fingerprint density at radius 3 is 2.38 bits per heavy atom. The van der Waals surface area contributed by atoms with Gasteiger partial charge in [-0.3, -0.25) is 0 Å². The summed E-state index contributed by atoms with van der Waals surface area (Å²) in [5.41, 5.74) is 2.24. The zero-order valence-electron chi connectivity index (χ0n) is 13.3. The third kappa shape index (κ3) is 3.82. The first kappa shape index (κ1) is 19.0. The average Bonchev–Trinajstić information content (AvgIpc) is 2.92. The number of allylic oxidation sites excluding steroid dienone is 1. The Morgan fingerprint density at radius 1 is 1.12 bits per heavy atom. The second kappa shape index (κ2) is 7.10. The SMILES string of the molecule is NN1CCc2cc(C=CC(c3cc(Cl)c(F)c(Cl)c3)C(F)(F)F)ccc21. The Bertz CT molecular complexity index is 842. The van der Waals surface area contributed by atoms with Crippen LogP contribution in [0, 0.1) is 5.82 Å². The number of benzene rings is 2. The molecule has 0 radical (unpaired) electrons. The van der Waals surface area contributed by atoms with Gasteiger partial charge in [-0.15, -0.1) is 0 Å². The Labute approximate surface area is 157 Å². The number of nitrogens with two attached hydrogens (primary N) is 1. The summed E-state index contributed by atoms with van der Waals surface area (Å²) in [5.74, 6) is 2.90. The first-order valence-electron chi connectivity index (χ1n) is 7.71. The fraction of sp³-hybridized carbons (Fsp3) is 0.222. The minimum absolute atomic E-state index is 0.223. The lowest BCUT2D eigenvalue weighted by Crippen LogP contribution is -2.27. The molecule has 0 aliphatic carbocycles. The van der Waals surface area contributed by atoms with E-state index < -0.39 is 28.0 Å². The lowest BCUT2D eigenvalue weighted by atomic mass is 9.96. The molecule has 1 aliphatic rings. The lowest BCUT2D eigenvalue weighted by molar-refractivity contribution is -0.139. The summed E-state index contributed by atoms with van der Waals surface area (Å²) in [6, 6.07) is 7.16. The Kier molecular flexibility index (Phi) is 5.19. The van der Waals surface area contributed by atoms with E-state index in [1.54, 1.807) is 23.2 Å². The highest BCUT2D eigenvalue weighted by Gasteiger charge is 2.39. The highest BCUT2D eigenvalue weighted by atomic mass is 35.5. The van der Waals surface area contributed by atoms with Crippen LogP contribution in [0.3, 0.4) is 0 Å². The van der Waals surface area contributed by atoms with Gasteiger partial charge < -0.3 is 5.01 Å². The van der Waals surface area contributed by atoms with Gasteiger partial charge in [0.1, 0.15) is 0 Å². The van der Waals surface area contributed by atoms with Crippen LogP contribution in [0.5, 0.6) is 0 Å². The molecule has 1 atom stereocenters. The molecule has 0 spiro atoms. The predicted molar refractivity (Wildman–Crippen MR) is 95.9 cm³/mol. The first-order valence-corrected chi connectivity index (χ1v) is 8.47. The first-order chi connectivity index (χ1) is 12.2. The molecular weight excluding hydrogens is 391 g/mol. The fourth-order valence-corrected chi connectivity index (χ4v) is 3.43. The van der Waals surface area contributed by atoms with E-state index >= 15 is 0 Å². The van der Waals surface area contributed by atoms with Crippen molar-refractivity contribution in [1.29, 1.82) is 0 Å². The number of alkyl halides is 3. The zero-order valence-corrected chi connectivity index (χ0v) is 14.8. The minimum atomic E-state index is -4.58. The molecule has 0 saturated heterocycles. The monoisotopic (exact) mass is 404 g/mol. The topological polar surface area (TPSA) is 29.3 Å². The smallest absolute Gasteiger partial charge is 0.310 e. The average molecular weight is 405 g/mol. The summed E-state index contributed by atoms with van der Waals surface area (Å²) in [4.78, 5) is 0. The zero-order chi connectivity index (χ0) is 19.1. The van der Waals surface area contributed by atoms with E-state index in [-0.39, 0.29) is 5.56 Å². The van der Waals surface area contributed by atoms with Gasteiger partial charge in [0.25, 0.3) is 0 Å². The number of fused-ring (bicyclic) bond motifs is 1. The van der Waals surface area contributed by atoms with Crippen molar-refractivity contribution >= 4 is 35.0 Å². The van der Waals surface area contributed by atoms with Crippen LogP contribution < -0.4 is 10.9 Å². The van der Waals surface area contributed by atoms with Crippen molar-refractivity contribution in [2.24, 2.45) is 5.84 Å². The second-order valence-corrected chi connectivity index (χ2v) is 6.82. The minimum Gasteiger partial charge on any atom is -0.310 e. The van der Waals surface area contributed by atoms with Crippen LogP contribution in [0.1, 0.15) is 22.6 Å². The van der Waals surface area contributed by atoms with Crippen LogP contribution in [0.25, 0.3) is 6.08 Å². The number of hydrogen-bond donors (Lipinski definition) is 1. The summed E-state index contributed by atoms with van der Waals surface area (Å²) in [7, 11) is 0. The molecule has 1 aliphatic heterocycles. The predicted octanol–water partition coefficient (Wildman–Crippen LogP) is 5.73. The molecule has 26 heavy (non-hydrogen) atoms. The summed E-state index contributed by atoms with van der Waals surface area (Å²) < 4.78 is 54.0. The highest BCUT2D eigenvalue weighted by molar-refractivity contribution is 6.35. The molecule has 1 unspecified atom stereocenters. The Hall–Kier alpha value is -1.76. The summed E-state index contributed by atoms with van der Waals surface area (Å²) >= 11 is 11.3. The van der Waals surface area contributed by atoms with Gasteiger partial charge in [-0.05, 0) is 47.4 Å². The Morgan fingerprint density at radius 2 is 1.77 bits per heavy atom. The molecule has 1 heterocycles. The van der Waals surface area contributed by atoms with Crippen LogP contribution in [0.4, 0.5) is 23.2 Å². The van der Waals surface area contributed by atoms with Crippen LogP contribution in [0.15, 0.2) is 36.4 Å². The molecule has 138 valence electrons. The van der Waals surface area contributed by atoms with Gasteiger partial charge in [-0.2, -0.15) is 13.2 Å². The van der Waals surface area contributed by atoms with Gasteiger partial charge in [0.15, 0.2) is 5.82 Å². The molecule has 2 nitrogen and oxygen atoms in total. The van der Waals surface area contributed by atoms with Crippen molar-refractivity contribution in [2.75, 3.05) is 11.6 Å². The molecule has 0 bridgehead atoms. The molecule has 0 fully saturated rings. The molecule has 0 saturated carbocycles. The summed E-state index contributed by atoms with van der Waals surface area (Å²) in [6.45, 7) is 0.667. The molecule has 3 rings (SSSR count). The second-order valence-electron chi connectivity index (χ2n) is 6.01. The maximum atomic E-state index is 13.5. The van der Waals surface area contributed by atoms with Crippen molar-refractivity contribution in [2.45, 2.75) is 18.5 Å². The largest absolute Gasteiger partial charge is 0.399 e. The van der Waals surface area contributed by atoms with Gasteiger partial charge in [-0.25, -0.2) is 10.2 Å². The van der Waals surface area contributed by atoms with E-state index in [2.05, 4.69) is 0 Å². The molecule has 8 heteroatoms. The number of nitrogens with zero attached hydrogens (tertiary/aromatic N) is 1. The van der Waals surface area contributed by atoms with E-state index in [0.29, 0.717) is 12.1 Å². The number of rotatable bonds is 3. The normalized spacial score (nSPS) is 15.6. The van der Waals surface area contributed by atoms with E-state index in [1.807, 2.05) is 0 Å². The van der Waals surface area contributed by atoms with Crippen molar-refractivity contribution < 1.29 is 17.6 Å². The number of hydrogen-bond acceptors (Lipinski definition) is 2. The van der Waals surface area contributed by atoms with E-state index in [4.69, 9.17) is 29.0 Å². The maximum Gasteiger partial charge on any atom is 0.399 e. The van der Waals surface area contributed by atoms with Crippen molar-refractivity contribution in [1.82, 2.24) is 0 Å². The molecular formula is C18H14Cl2F4N2.